The number of carboxylic acids is 1. The Morgan fingerprint density at radius 2 is 1.79 bits per heavy atom. The molecular weight excluding hydrogens is 462 g/mol. The Labute approximate surface area is 180 Å². The molecular formula is C21H15BrClNO3S. The number of thioether (sulfide) groups is 1. The molecule has 28 heavy (non-hydrogen) atoms. The van der Waals surface area contributed by atoms with Gasteiger partial charge in [0.05, 0.1) is 11.3 Å². The van der Waals surface area contributed by atoms with Crippen molar-refractivity contribution in [3.63, 3.8) is 0 Å². The number of aromatic carboxylic acids is 1. The minimum atomic E-state index is -1.16. The van der Waals surface area contributed by atoms with Crippen molar-refractivity contribution in [2.24, 2.45) is 0 Å². The number of carboxylic acid groups (broad SMARTS) is 1. The summed E-state index contributed by atoms with van der Waals surface area (Å²) in [5.41, 5.74) is 1.77. The van der Waals surface area contributed by atoms with Crippen molar-refractivity contribution in [2.75, 3.05) is 5.32 Å². The number of nitrogens with one attached hydrogen (secondary N) is 1. The lowest BCUT2D eigenvalue weighted by molar-refractivity contribution is 0.0698. The van der Waals surface area contributed by atoms with Gasteiger partial charge in [-0.2, -0.15) is 0 Å². The first-order valence-corrected chi connectivity index (χ1v) is 10.4. The summed E-state index contributed by atoms with van der Waals surface area (Å²) in [5.74, 6) is -0.741. The molecule has 0 radical (unpaired) electrons. The molecule has 0 aromatic heterocycles. The third-order valence-corrected chi connectivity index (χ3v) is 6.19. The summed E-state index contributed by atoms with van der Waals surface area (Å²) in [6, 6.07) is 19.7. The summed E-state index contributed by atoms with van der Waals surface area (Å²) in [5, 5.41) is 12.2. The van der Waals surface area contributed by atoms with Crippen LogP contribution in [0.2, 0.25) is 5.02 Å². The molecule has 0 saturated carbocycles. The second-order valence-corrected chi connectivity index (χ2v) is 8.18. The van der Waals surface area contributed by atoms with E-state index in [-0.39, 0.29) is 16.3 Å². The van der Waals surface area contributed by atoms with Crippen LogP contribution in [0.15, 0.2) is 76.1 Å². The van der Waals surface area contributed by atoms with Gasteiger partial charge in [-0.05, 0) is 57.9 Å². The van der Waals surface area contributed by atoms with Crippen molar-refractivity contribution in [3.05, 3.63) is 92.9 Å². The van der Waals surface area contributed by atoms with Crippen LogP contribution in [0.25, 0.3) is 0 Å². The number of amides is 1. The Morgan fingerprint density at radius 3 is 2.46 bits per heavy atom. The second kappa shape index (κ2) is 9.28. The van der Waals surface area contributed by atoms with Crippen LogP contribution in [-0.2, 0) is 5.75 Å². The second-order valence-electron chi connectivity index (χ2n) is 5.87. The van der Waals surface area contributed by atoms with E-state index in [1.165, 1.54) is 23.8 Å². The van der Waals surface area contributed by atoms with Gasteiger partial charge in [0.1, 0.15) is 0 Å². The van der Waals surface area contributed by atoms with Crippen LogP contribution in [0.3, 0.4) is 0 Å². The maximum atomic E-state index is 12.6. The number of hydrogen-bond donors (Lipinski definition) is 2. The van der Waals surface area contributed by atoms with Crippen molar-refractivity contribution in [1.29, 1.82) is 0 Å². The highest BCUT2D eigenvalue weighted by Gasteiger charge is 2.15. The lowest BCUT2D eigenvalue weighted by Gasteiger charge is -2.10. The van der Waals surface area contributed by atoms with Gasteiger partial charge in [0.2, 0.25) is 0 Å². The standard InChI is InChI=1S/C21H15BrClNO3S/c22-17-10-14(6-9-19(17)28-12-13-4-2-1-3-5-13)20(25)24-18-8-7-15(23)11-16(18)21(26)27/h1-11H,12H2,(H,24,25)(H,26,27). The van der Waals surface area contributed by atoms with Crippen molar-refractivity contribution in [3.8, 4) is 0 Å². The van der Waals surface area contributed by atoms with E-state index >= 15 is 0 Å². The molecule has 0 bridgehead atoms. The predicted octanol–water partition coefficient (Wildman–Crippen LogP) is 6.35. The van der Waals surface area contributed by atoms with E-state index in [2.05, 4.69) is 33.4 Å². The number of benzene rings is 3. The van der Waals surface area contributed by atoms with Crippen molar-refractivity contribution >= 4 is 56.9 Å². The largest absolute Gasteiger partial charge is 0.478 e. The highest BCUT2D eigenvalue weighted by Crippen LogP contribution is 2.31. The first kappa shape index (κ1) is 20.5. The normalized spacial score (nSPS) is 10.5. The average Bonchev–Trinajstić information content (AvgIpc) is 2.69. The molecule has 0 saturated heterocycles. The molecule has 4 nitrogen and oxygen atoms in total. The molecule has 0 aliphatic carbocycles. The van der Waals surface area contributed by atoms with Gasteiger partial charge in [0, 0.05) is 25.7 Å². The molecule has 2 N–H and O–H groups in total. The van der Waals surface area contributed by atoms with E-state index in [1.54, 1.807) is 23.9 Å². The summed E-state index contributed by atoms with van der Waals surface area (Å²) in [7, 11) is 0. The summed E-state index contributed by atoms with van der Waals surface area (Å²) >= 11 is 11.0. The van der Waals surface area contributed by atoms with Gasteiger partial charge >= 0.3 is 5.97 Å². The first-order chi connectivity index (χ1) is 13.4. The van der Waals surface area contributed by atoms with Crippen LogP contribution in [0, 0.1) is 0 Å². The molecule has 0 atom stereocenters. The van der Waals surface area contributed by atoms with E-state index in [4.69, 9.17) is 11.6 Å². The summed E-state index contributed by atoms with van der Waals surface area (Å²) in [6.45, 7) is 0. The summed E-state index contributed by atoms with van der Waals surface area (Å²) in [4.78, 5) is 24.9. The third-order valence-electron chi connectivity index (χ3n) is 3.89. The van der Waals surface area contributed by atoms with E-state index in [9.17, 15) is 14.7 Å². The number of halogens is 2. The van der Waals surface area contributed by atoms with Crippen LogP contribution in [0.4, 0.5) is 5.69 Å². The Bertz CT molecular complexity index is 1030. The highest BCUT2D eigenvalue weighted by molar-refractivity contribution is 9.10. The molecule has 0 heterocycles. The van der Waals surface area contributed by atoms with Crippen LogP contribution in [0.1, 0.15) is 26.3 Å². The fourth-order valence-electron chi connectivity index (χ4n) is 2.49. The van der Waals surface area contributed by atoms with Crippen LogP contribution in [0.5, 0.6) is 0 Å². The van der Waals surface area contributed by atoms with Gasteiger partial charge < -0.3 is 10.4 Å². The smallest absolute Gasteiger partial charge is 0.337 e. The highest BCUT2D eigenvalue weighted by atomic mass is 79.9. The zero-order chi connectivity index (χ0) is 20.1. The Kier molecular flexibility index (Phi) is 6.78. The maximum absolute atomic E-state index is 12.6. The molecule has 142 valence electrons. The predicted molar refractivity (Wildman–Crippen MR) is 117 cm³/mol. The molecule has 3 aromatic carbocycles. The number of carbonyl (C=O) groups excluding carboxylic acids is 1. The molecule has 0 aliphatic heterocycles. The first-order valence-electron chi connectivity index (χ1n) is 8.24. The van der Waals surface area contributed by atoms with Crippen molar-refractivity contribution in [1.82, 2.24) is 0 Å². The fraction of sp³-hybridized carbons (Fsp3) is 0.0476. The van der Waals surface area contributed by atoms with Crippen LogP contribution >= 0.6 is 39.3 Å². The van der Waals surface area contributed by atoms with Crippen molar-refractivity contribution < 1.29 is 14.7 Å². The third kappa shape index (κ3) is 5.16. The number of rotatable bonds is 6. The van der Waals surface area contributed by atoms with E-state index in [1.807, 2.05) is 24.3 Å². The SMILES string of the molecule is O=C(Nc1ccc(Cl)cc1C(=O)O)c1ccc(SCc2ccccc2)c(Br)c1. The van der Waals surface area contributed by atoms with E-state index < -0.39 is 11.9 Å². The lowest BCUT2D eigenvalue weighted by atomic mass is 10.1. The Hall–Kier alpha value is -2.28. The minimum absolute atomic E-state index is 0.0602. The average molecular weight is 477 g/mol. The maximum Gasteiger partial charge on any atom is 0.337 e. The number of carbonyl (C=O) groups is 2. The molecule has 0 aliphatic rings. The van der Waals surface area contributed by atoms with E-state index in [0.717, 1.165) is 15.1 Å². The molecule has 3 rings (SSSR count). The van der Waals surface area contributed by atoms with Gasteiger partial charge in [-0.25, -0.2) is 4.79 Å². The van der Waals surface area contributed by atoms with Crippen molar-refractivity contribution in [2.45, 2.75) is 10.6 Å². The topological polar surface area (TPSA) is 66.4 Å². The van der Waals surface area contributed by atoms with Crippen LogP contribution in [-0.4, -0.2) is 17.0 Å². The summed E-state index contributed by atoms with van der Waals surface area (Å²) < 4.78 is 0.802. The quantitative estimate of drug-likeness (QED) is 0.407. The molecule has 0 unspecified atom stereocenters. The zero-order valence-corrected chi connectivity index (χ0v) is 17.6. The molecule has 1 amide bonds. The molecule has 0 spiro atoms. The molecule has 0 fully saturated rings. The van der Waals surface area contributed by atoms with Gasteiger partial charge in [-0.15, -0.1) is 11.8 Å². The molecule has 3 aromatic rings. The monoisotopic (exact) mass is 475 g/mol. The van der Waals surface area contributed by atoms with Gasteiger partial charge in [-0.1, -0.05) is 41.9 Å². The van der Waals surface area contributed by atoms with E-state index in [0.29, 0.717) is 5.56 Å². The van der Waals surface area contributed by atoms with Crippen LogP contribution < -0.4 is 5.32 Å². The van der Waals surface area contributed by atoms with Gasteiger partial charge in [-0.3, -0.25) is 4.79 Å². The zero-order valence-electron chi connectivity index (χ0n) is 14.5. The minimum Gasteiger partial charge on any atom is -0.478 e. The summed E-state index contributed by atoms with van der Waals surface area (Å²) in [6.07, 6.45) is 0. The number of anilines is 1. The Morgan fingerprint density at radius 1 is 1.04 bits per heavy atom. The van der Waals surface area contributed by atoms with Gasteiger partial charge in [0.25, 0.3) is 5.91 Å². The molecule has 7 heteroatoms. The lowest BCUT2D eigenvalue weighted by Crippen LogP contribution is -2.15. The Balaban J connectivity index is 1.73. The fourth-order valence-corrected chi connectivity index (χ4v) is 4.26. The number of hydrogen-bond acceptors (Lipinski definition) is 3. The van der Waals surface area contributed by atoms with Gasteiger partial charge in [0.15, 0.2) is 0 Å².